The fraction of sp³-hybridized carbons (Fsp3) is 1.00. The van der Waals surface area contributed by atoms with Crippen molar-refractivity contribution in [2.24, 2.45) is 0 Å². The minimum Gasteiger partial charge on any atom is -0.281 e. The molecule has 1 N–H and O–H groups in total. The van der Waals surface area contributed by atoms with Crippen LogP contribution >= 0.6 is 0 Å². The number of rotatable bonds is 15. The zero-order valence-electron chi connectivity index (χ0n) is 23.8. The van der Waals surface area contributed by atoms with E-state index in [0.29, 0.717) is 0 Å². The Hall–Kier alpha value is -2.37. The first-order valence-electron chi connectivity index (χ1n) is 11.4. The van der Waals surface area contributed by atoms with Crippen LogP contribution in [0.3, 0.4) is 0 Å². The minimum absolute atomic E-state index is 1.12. The van der Waals surface area contributed by atoms with Crippen LogP contribution in [-0.2, 0) is 23.1 Å². The highest BCUT2D eigenvalue weighted by Crippen LogP contribution is 2.67. The van der Waals surface area contributed by atoms with Crippen LogP contribution < -0.4 is 5.32 Å². The zero-order valence-corrected chi connectivity index (χ0v) is 25.6. The van der Waals surface area contributed by atoms with Crippen LogP contribution in [0.2, 0.25) is 0 Å². The molecule has 344 valence electrons. The number of sulfone groups is 1. The van der Waals surface area contributed by atoms with Crippen LogP contribution in [0.15, 0.2) is 0 Å². The summed E-state index contributed by atoms with van der Waals surface area (Å²) in [5.41, 5.74) is 0. The molecule has 0 rings (SSSR count). The number of alkyl halides is 34. The van der Waals surface area contributed by atoms with E-state index in [1.807, 2.05) is 0 Å². The molecule has 0 aliphatic carbocycles. The Kier molecular flexibility index (Phi) is 13.3. The maximum Gasteiger partial charge on any atom is 0.583 e. The van der Waals surface area contributed by atoms with E-state index in [9.17, 15) is 153 Å². The number of nitrogens with one attached hydrogen (secondary N) is 1. The molecule has 42 heteroatoms. The minimum atomic E-state index is -11.8. The van der Waals surface area contributed by atoms with Gasteiger partial charge in [0.2, 0.25) is 0 Å². The second-order valence-corrected chi connectivity index (χ2v) is 14.4. The van der Waals surface area contributed by atoms with Gasteiger partial charge >= 0.3 is 97.8 Å². The zero-order chi connectivity index (χ0) is 47.3. The van der Waals surface area contributed by atoms with E-state index < -0.39 is 113 Å². The molecule has 0 radical (unpaired) electrons. The Balaban J connectivity index is 9.14. The molecular formula is C15HF34NO5SSi. The van der Waals surface area contributed by atoms with E-state index >= 15 is 4.39 Å². The average Bonchev–Trinajstić information content (AvgIpc) is 2.86. The molecule has 0 aromatic heterocycles. The van der Waals surface area contributed by atoms with Crippen LogP contribution in [0.4, 0.5) is 149 Å². The summed E-state index contributed by atoms with van der Waals surface area (Å²) in [4.78, 5) is 0. The average molecular weight is 981 g/mol. The van der Waals surface area contributed by atoms with Gasteiger partial charge in [-0.3, -0.25) is 13.3 Å². The molecule has 0 bridgehead atoms. The first-order valence-corrected chi connectivity index (χ1v) is 14.6. The predicted molar refractivity (Wildman–Crippen MR) is 99.7 cm³/mol. The van der Waals surface area contributed by atoms with E-state index in [1.165, 1.54) is 0 Å². The van der Waals surface area contributed by atoms with Crippen molar-refractivity contribution in [3.05, 3.63) is 0 Å². The molecule has 0 amide bonds. The van der Waals surface area contributed by atoms with Crippen LogP contribution in [0, 0.1) is 0 Å². The second-order valence-electron chi connectivity index (χ2n) is 9.53. The molecule has 0 spiro atoms. The van der Waals surface area contributed by atoms with Crippen molar-refractivity contribution in [1.29, 1.82) is 0 Å². The van der Waals surface area contributed by atoms with Gasteiger partial charge in [0.1, 0.15) is 0 Å². The Morgan fingerprint density at radius 3 is 0.825 bits per heavy atom. The molecule has 0 heterocycles. The van der Waals surface area contributed by atoms with Crippen molar-refractivity contribution in [2.75, 3.05) is 0 Å². The van der Waals surface area contributed by atoms with Gasteiger partial charge in [-0.2, -0.15) is 111 Å². The second kappa shape index (κ2) is 13.8. The highest BCUT2D eigenvalue weighted by atomic mass is 32.2. The van der Waals surface area contributed by atoms with Crippen LogP contribution in [0.5, 0.6) is 0 Å². The first-order chi connectivity index (χ1) is 23.8. The van der Waals surface area contributed by atoms with Crippen LogP contribution in [0.1, 0.15) is 0 Å². The van der Waals surface area contributed by atoms with E-state index in [4.69, 9.17) is 0 Å². The van der Waals surface area contributed by atoms with Gasteiger partial charge in [-0.25, -0.2) is 12.8 Å². The van der Waals surface area contributed by atoms with Gasteiger partial charge in [-0.15, -0.1) is 39.5 Å². The molecule has 0 aliphatic heterocycles. The standard InChI is InChI=1S/C15HF34NO5SSi/c16-1(17,3(20,21)5(24,25)8(30,31)32)2(18,19)4(22,23)6(26,27)10(35,36)56(51,52)11(37,7(28,29)9(33,34)50-12(38,39)40)57(53-13(41,42)43,54-14(44,45)46)55-15(47,48)49/h50H. The van der Waals surface area contributed by atoms with Crippen LogP contribution in [-0.4, -0.2) is 106 Å². The van der Waals surface area contributed by atoms with Gasteiger partial charge in [-0.1, -0.05) is 0 Å². The van der Waals surface area contributed by atoms with Crippen LogP contribution in [0.25, 0.3) is 0 Å². The molecule has 0 aliphatic rings. The topological polar surface area (TPSA) is 73.9 Å². The summed E-state index contributed by atoms with van der Waals surface area (Å²) in [7, 11) is -23.6. The maximum absolute atomic E-state index is 16.0. The van der Waals surface area contributed by atoms with Gasteiger partial charge in [0.15, 0.2) is 0 Å². The SMILES string of the molecule is O=S(=O)(C(F)(F)C(F)(F)C(F)(F)C(F)(F)C(F)(F)C(F)(F)C(F)(F)C(F)(F)F)C(F)(C(F)(F)C(F)(F)NC(F)(F)F)[Si](OC(F)(F)F)(OC(F)(F)F)OC(F)(F)F. The quantitative estimate of drug-likeness (QED) is 0.100. The molecule has 0 saturated carbocycles. The molecule has 0 aromatic rings. The molecule has 0 fully saturated rings. The van der Waals surface area contributed by atoms with Crippen molar-refractivity contribution in [1.82, 2.24) is 5.32 Å². The summed E-state index contributed by atoms with van der Waals surface area (Å²) in [5.74, 6) is -69.5. The smallest absolute Gasteiger partial charge is 0.281 e. The maximum atomic E-state index is 16.0. The van der Waals surface area contributed by atoms with E-state index in [1.54, 1.807) is 0 Å². The lowest BCUT2D eigenvalue weighted by Crippen LogP contribution is -2.84. The molecule has 6 nitrogen and oxygen atoms in total. The third kappa shape index (κ3) is 8.51. The van der Waals surface area contributed by atoms with Crippen molar-refractivity contribution in [3.63, 3.8) is 0 Å². The Morgan fingerprint density at radius 2 is 0.596 bits per heavy atom. The summed E-state index contributed by atoms with van der Waals surface area (Å²) in [6.07, 6.45) is -41.5. The van der Waals surface area contributed by atoms with Gasteiger partial charge in [0, 0.05) is 0 Å². The number of hydrogen-bond donors (Lipinski definition) is 1. The third-order valence-corrected chi connectivity index (χ3v) is 11.7. The summed E-state index contributed by atoms with van der Waals surface area (Å²) >= 11 is 0. The Labute approximate surface area is 285 Å². The van der Waals surface area contributed by atoms with Crippen molar-refractivity contribution < 1.29 is 171 Å². The fourth-order valence-electron chi connectivity index (χ4n) is 3.20. The normalized spacial score (nSPS) is 17.9. The number of hydrogen-bond acceptors (Lipinski definition) is 6. The van der Waals surface area contributed by atoms with Gasteiger partial charge in [0.05, 0.1) is 0 Å². The largest absolute Gasteiger partial charge is 0.583 e. The lowest BCUT2D eigenvalue weighted by molar-refractivity contribution is -0.458. The van der Waals surface area contributed by atoms with Crippen molar-refractivity contribution >= 4 is 18.6 Å². The molecular weight excluding hydrogens is 980 g/mol. The van der Waals surface area contributed by atoms with E-state index in [2.05, 4.69) is 0 Å². The summed E-state index contributed by atoms with van der Waals surface area (Å²) in [6.45, 7) is 0. The highest BCUT2D eigenvalue weighted by molar-refractivity contribution is 7.95. The third-order valence-electron chi connectivity index (χ3n) is 5.64. The van der Waals surface area contributed by atoms with Crippen molar-refractivity contribution in [2.45, 2.75) is 88.9 Å². The highest BCUT2D eigenvalue weighted by Gasteiger charge is 3.01. The first kappa shape index (κ1) is 54.6. The predicted octanol–water partition coefficient (Wildman–Crippen LogP) is 9.46. The Bertz CT molecular complexity index is 1510. The molecule has 0 saturated heterocycles. The summed E-state index contributed by atoms with van der Waals surface area (Å²) < 4.78 is 476. The van der Waals surface area contributed by atoms with Gasteiger partial charge in [0.25, 0.3) is 9.84 Å². The molecule has 0 aromatic carbocycles. The fourth-order valence-corrected chi connectivity index (χ4v) is 8.53. The lowest BCUT2D eigenvalue weighted by Gasteiger charge is -2.47. The summed E-state index contributed by atoms with van der Waals surface area (Å²) in [6, 6.07) is -9.03. The van der Waals surface area contributed by atoms with Gasteiger partial charge < -0.3 is 0 Å². The number of halogens is 34. The van der Waals surface area contributed by atoms with Gasteiger partial charge in [-0.05, 0) is 0 Å². The molecule has 1 unspecified atom stereocenters. The lowest BCUT2D eigenvalue weighted by atomic mass is 9.91. The van der Waals surface area contributed by atoms with E-state index in [0.717, 1.165) is 13.3 Å². The van der Waals surface area contributed by atoms with Crippen molar-refractivity contribution in [3.8, 4) is 0 Å². The summed E-state index contributed by atoms with van der Waals surface area (Å²) in [5, 5.41) is -12.8. The van der Waals surface area contributed by atoms with E-state index in [-0.39, 0.29) is 0 Å². The molecule has 1 atom stereocenters. The molecule has 57 heavy (non-hydrogen) atoms. The Morgan fingerprint density at radius 1 is 0.351 bits per heavy atom. The monoisotopic (exact) mass is 981 g/mol.